The molecular formula is C21H24ClN5. The fourth-order valence-electron chi connectivity index (χ4n) is 3.62. The van der Waals surface area contributed by atoms with Crippen LogP contribution >= 0.6 is 11.6 Å². The van der Waals surface area contributed by atoms with Crippen LogP contribution in [0.2, 0.25) is 5.15 Å². The molecule has 0 atom stereocenters. The molecule has 0 fully saturated rings. The molecule has 4 rings (SSSR count). The van der Waals surface area contributed by atoms with Gasteiger partial charge in [0, 0.05) is 37.2 Å². The van der Waals surface area contributed by atoms with E-state index in [4.69, 9.17) is 16.6 Å². The first kappa shape index (κ1) is 18.0. The Hall–Kier alpha value is -2.40. The third kappa shape index (κ3) is 3.69. The molecule has 0 amide bonds. The second kappa shape index (κ2) is 7.69. The van der Waals surface area contributed by atoms with Gasteiger partial charge in [-0.2, -0.15) is 0 Å². The smallest absolute Gasteiger partial charge is 0.137 e. The molecule has 6 heteroatoms. The minimum absolute atomic E-state index is 0.552. The van der Waals surface area contributed by atoms with Crippen LogP contribution in [0.25, 0.3) is 0 Å². The Morgan fingerprint density at radius 3 is 2.74 bits per heavy atom. The Bertz CT molecular complexity index is 935. The predicted molar refractivity (Wildman–Crippen MR) is 108 cm³/mol. The summed E-state index contributed by atoms with van der Waals surface area (Å²) in [6.45, 7) is 6.69. The lowest BCUT2D eigenvalue weighted by atomic mass is 10.1. The zero-order valence-corrected chi connectivity index (χ0v) is 16.6. The van der Waals surface area contributed by atoms with Crippen LogP contribution in [0.5, 0.6) is 0 Å². The topological polar surface area (TPSA) is 46.8 Å². The number of nitrogens with zero attached hydrogens (tertiary/aromatic N) is 5. The number of fused-ring (bicyclic) bond motifs is 1. The predicted octanol–water partition coefficient (Wildman–Crippen LogP) is 4.00. The van der Waals surface area contributed by atoms with Crippen LogP contribution in [0, 0.1) is 6.92 Å². The normalized spacial score (nSPS) is 13.7. The van der Waals surface area contributed by atoms with Crippen LogP contribution in [-0.4, -0.2) is 26.1 Å². The van der Waals surface area contributed by atoms with Crippen LogP contribution in [0.4, 0.5) is 5.82 Å². The fraction of sp³-hybridized carbons (Fsp3) is 0.381. The number of hydrogen-bond acceptors (Lipinski definition) is 4. The molecule has 0 spiro atoms. The van der Waals surface area contributed by atoms with E-state index in [0.29, 0.717) is 5.15 Å². The molecule has 3 aromatic rings. The molecule has 1 aliphatic heterocycles. The number of rotatable bonds is 5. The van der Waals surface area contributed by atoms with Gasteiger partial charge in [0.1, 0.15) is 16.8 Å². The molecule has 0 aliphatic carbocycles. The van der Waals surface area contributed by atoms with E-state index in [-0.39, 0.29) is 0 Å². The van der Waals surface area contributed by atoms with Crippen molar-refractivity contribution in [3.8, 4) is 0 Å². The van der Waals surface area contributed by atoms with Crippen molar-refractivity contribution < 1.29 is 0 Å². The van der Waals surface area contributed by atoms with Crippen LogP contribution in [0.15, 0.2) is 36.7 Å². The quantitative estimate of drug-likeness (QED) is 0.626. The molecule has 27 heavy (non-hydrogen) atoms. The maximum Gasteiger partial charge on any atom is 0.137 e. The summed E-state index contributed by atoms with van der Waals surface area (Å²) in [5.41, 5.74) is 4.79. The van der Waals surface area contributed by atoms with Crippen molar-refractivity contribution in [1.29, 1.82) is 0 Å². The van der Waals surface area contributed by atoms with Gasteiger partial charge >= 0.3 is 0 Å². The van der Waals surface area contributed by atoms with E-state index >= 15 is 0 Å². The number of aromatic nitrogens is 4. The number of hydrogen-bond donors (Lipinski definition) is 0. The lowest BCUT2D eigenvalue weighted by molar-refractivity contribution is 0.620. The first-order valence-electron chi connectivity index (χ1n) is 9.50. The monoisotopic (exact) mass is 381 g/mol. The van der Waals surface area contributed by atoms with E-state index in [1.54, 1.807) is 0 Å². The Balaban J connectivity index is 1.52. The van der Waals surface area contributed by atoms with Gasteiger partial charge in [0.2, 0.25) is 0 Å². The van der Waals surface area contributed by atoms with Gasteiger partial charge in [0.05, 0.1) is 18.6 Å². The summed E-state index contributed by atoms with van der Waals surface area (Å²) < 4.78 is 2.30. The minimum Gasteiger partial charge on any atom is -0.350 e. The van der Waals surface area contributed by atoms with E-state index in [0.717, 1.165) is 61.8 Å². The molecule has 3 heterocycles. The van der Waals surface area contributed by atoms with Crippen LogP contribution in [0.3, 0.4) is 0 Å². The molecule has 1 aliphatic rings. The van der Waals surface area contributed by atoms with Crippen molar-refractivity contribution in [2.45, 2.75) is 46.2 Å². The molecule has 0 saturated heterocycles. The van der Waals surface area contributed by atoms with E-state index in [2.05, 4.69) is 49.8 Å². The SMILES string of the molecule is CCc1nc(Cl)c(C)c(N2CCc3c(ncn3CCc3ccccc3)C2)n1. The third-order valence-corrected chi connectivity index (χ3v) is 5.57. The van der Waals surface area contributed by atoms with Crippen molar-refractivity contribution in [3.63, 3.8) is 0 Å². The van der Waals surface area contributed by atoms with Gasteiger partial charge in [-0.3, -0.25) is 0 Å². The molecule has 0 bridgehead atoms. The van der Waals surface area contributed by atoms with Crippen LogP contribution < -0.4 is 4.90 Å². The Labute approximate surface area is 165 Å². The molecule has 140 valence electrons. The van der Waals surface area contributed by atoms with Gasteiger partial charge < -0.3 is 9.47 Å². The maximum atomic E-state index is 6.32. The lowest BCUT2D eigenvalue weighted by Crippen LogP contribution is -2.33. The van der Waals surface area contributed by atoms with Gasteiger partial charge in [0.15, 0.2) is 0 Å². The van der Waals surface area contributed by atoms with Crippen molar-refractivity contribution in [3.05, 3.63) is 70.2 Å². The summed E-state index contributed by atoms with van der Waals surface area (Å²) >= 11 is 6.32. The average molecular weight is 382 g/mol. The molecule has 1 aromatic carbocycles. The number of anilines is 1. The van der Waals surface area contributed by atoms with Crippen LogP contribution in [0.1, 0.15) is 35.3 Å². The maximum absolute atomic E-state index is 6.32. The highest BCUT2D eigenvalue weighted by molar-refractivity contribution is 6.30. The first-order valence-corrected chi connectivity index (χ1v) is 9.88. The summed E-state index contributed by atoms with van der Waals surface area (Å²) in [7, 11) is 0. The second-order valence-electron chi connectivity index (χ2n) is 6.97. The van der Waals surface area contributed by atoms with Gasteiger partial charge in [-0.05, 0) is 18.9 Å². The molecule has 0 N–H and O–H groups in total. The number of halogens is 1. The van der Waals surface area contributed by atoms with Gasteiger partial charge in [-0.1, -0.05) is 48.9 Å². The average Bonchev–Trinajstić information content (AvgIpc) is 3.11. The van der Waals surface area contributed by atoms with E-state index < -0.39 is 0 Å². The van der Waals surface area contributed by atoms with Crippen molar-refractivity contribution >= 4 is 17.4 Å². The highest BCUT2D eigenvalue weighted by Gasteiger charge is 2.24. The summed E-state index contributed by atoms with van der Waals surface area (Å²) in [5, 5.41) is 0.552. The molecule has 2 aromatic heterocycles. The minimum atomic E-state index is 0.552. The summed E-state index contributed by atoms with van der Waals surface area (Å²) in [5.74, 6) is 1.73. The Morgan fingerprint density at radius 2 is 1.96 bits per heavy atom. The standard InChI is InChI=1S/C21H24ClN5/c1-3-19-24-20(22)15(2)21(25-19)26-12-10-18-17(13-26)23-14-27(18)11-9-16-7-5-4-6-8-16/h4-8,14H,3,9-13H2,1-2H3. The van der Waals surface area contributed by atoms with Gasteiger partial charge in [-0.25, -0.2) is 15.0 Å². The number of benzene rings is 1. The third-order valence-electron chi connectivity index (χ3n) is 5.20. The molecule has 0 unspecified atom stereocenters. The Kier molecular flexibility index (Phi) is 5.12. The fourth-order valence-corrected chi connectivity index (χ4v) is 3.81. The van der Waals surface area contributed by atoms with E-state index in [1.165, 1.54) is 11.3 Å². The van der Waals surface area contributed by atoms with Crippen molar-refractivity contribution in [2.24, 2.45) is 0 Å². The van der Waals surface area contributed by atoms with E-state index in [9.17, 15) is 0 Å². The highest BCUT2D eigenvalue weighted by atomic mass is 35.5. The summed E-state index contributed by atoms with van der Waals surface area (Å²) in [4.78, 5) is 16.0. The van der Waals surface area contributed by atoms with Crippen molar-refractivity contribution in [1.82, 2.24) is 19.5 Å². The largest absolute Gasteiger partial charge is 0.350 e. The first-order chi connectivity index (χ1) is 13.2. The summed E-state index contributed by atoms with van der Waals surface area (Å²) in [6, 6.07) is 10.6. The Morgan fingerprint density at radius 1 is 1.15 bits per heavy atom. The van der Waals surface area contributed by atoms with Gasteiger partial charge in [-0.15, -0.1) is 0 Å². The zero-order chi connectivity index (χ0) is 18.8. The van der Waals surface area contributed by atoms with E-state index in [1.807, 2.05) is 20.2 Å². The molecular weight excluding hydrogens is 358 g/mol. The molecule has 0 radical (unpaired) electrons. The molecule has 5 nitrogen and oxygen atoms in total. The highest BCUT2D eigenvalue weighted by Crippen LogP contribution is 2.28. The number of aryl methyl sites for hydroxylation is 3. The summed E-state index contributed by atoms with van der Waals surface area (Å²) in [6.07, 6.45) is 4.75. The van der Waals surface area contributed by atoms with Crippen LogP contribution in [-0.2, 0) is 32.4 Å². The molecule has 0 saturated carbocycles. The number of imidazole rings is 1. The zero-order valence-electron chi connectivity index (χ0n) is 15.8. The lowest BCUT2D eigenvalue weighted by Gasteiger charge is -2.29. The second-order valence-corrected chi connectivity index (χ2v) is 7.33. The van der Waals surface area contributed by atoms with Crippen molar-refractivity contribution in [2.75, 3.05) is 11.4 Å². The van der Waals surface area contributed by atoms with Gasteiger partial charge in [0.25, 0.3) is 0 Å².